The molecule has 0 saturated heterocycles. The zero-order chi connectivity index (χ0) is 23.4. The smallest absolute Gasteiger partial charge is 0.340 e. The fraction of sp³-hybridized carbons (Fsp3) is 0.391. The number of ketones is 1. The first-order chi connectivity index (χ1) is 15.1. The van der Waals surface area contributed by atoms with Crippen LogP contribution in [0.4, 0.5) is 0 Å². The van der Waals surface area contributed by atoms with Crippen molar-refractivity contribution >= 4 is 23.6 Å². The highest BCUT2D eigenvalue weighted by Crippen LogP contribution is 2.57. The van der Waals surface area contributed by atoms with Gasteiger partial charge < -0.3 is 24.8 Å². The molecule has 2 aliphatic heterocycles. The number of para-hydroxylation sites is 1. The lowest BCUT2D eigenvalue weighted by Gasteiger charge is -2.38. The Kier molecular flexibility index (Phi) is 4.87. The predicted molar refractivity (Wildman–Crippen MR) is 111 cm³/mol. The van der Waals surface area contributed by atoms with Crippen LogP contribution in [0.15, 0.2) is 47.0 Å². The number of rotatable bonds is 3. The molecule has 0 aromatic heterocycles. The molecule has 0 bridgehead atoms. The number of nitrogens with zero attached hydrogens (tertiary/aromatic N) is 1. The second kappa shape index (κ2) is 7.22. The fourth-order valence-electron chi connectivity index (χ4n) is 4.93. The molecule has 9 nitrogen and oxygen atoms in total. The topological polar surface area (TPSA) is 125 Å². The standard InChI is InChI=1S/C23H24N2O7/c1-22(2)9-13-17(14(26)10-22)23(21(29)25(13)11-16(27)30-3)12-7-5-6-8-15(12)32-19(24)18(23)20(28)31-4/h5-8H,9-11,24H2,1-4H3/t23-/m1/s1. The Morgan fingerprint density at radius 3 is 2.47 bits per heavy atom. The number of fused-ring (bicyclic) bond motifs is 3. The lowest BCUT2D eigenvalue weighted by atomic mass is 9.63. The highest BCUT2D eigenvalue weighted by molar-refractivity contribution is 6.19. The van der Waals surface area contributed by atoms with Crippen LogP contribution in [0.2, 0.25) is 0 Å². The van der Waals surface area contributed by atoms with Gasteiger partial charge in [-0.25, -0.2) is 4.79 Å². The van der Waals surface area contributed by atoms with Crippen molar-refractivity contribution in [3.8, 4) is 5.75 Å². The summed E-state index contributed by atoms with van der Waals surface area (Å²) in [6.07, 6.45) is 0.500. The molecule has 1 aromatic carbocycles. The molecule has 32 heavy (non-hydrogen) atoms. The van der Waals surface area contributed by atoms with Gasteiger partial charge in [0.1, 0.15) is 23.3 Å². The summed E-state index contributed by atoms with van der Waals surface area (Å²) < 4.78 is 15.4. The Balaban J connectivity index is 2.10. The number of allylic oxidation sites excluding steroid dienone is 1. The van der Waals surface area contributed by atoms with E-state index in [1.807, 2.05) is 13.8 Å². The lowest BCUT2D eigenvalue weighted by Crippen LogP contribution is -2.50. The van der Waals surface area contributed by atoms with Gasteiger partial charge in [0.2, 0.25) is 11.8 Å². The van der Waals surface area contributed by atoms with Crippen LogP contribution < -0.4 is 10.5 Å². The van der Waals surface area contributed by atoms with Crippen LogP contribution in [0.5, 0.6) is 5.75 Å². The van der Waals surface area contributed by atoms with E-state index in [0.29, 0.717) is 17.7 Å². The normalized spacial score (nSPS) is 23.7. The predicted octanol–water partition coefficient (Wildman–Crippen LogP) is 1.32. The third-order valence-electron chi connectivity index (χ3n) is 6.16. The van der Waals surface area contributed by atoms with Gasteiger partial charge in [0.05, 0.1) is 14.2 Å². The van der Waals surface area contributed by atoms with E-state index in [2.05, 4.69) is 0 Å². The summed E-state index contributed by atoms with van der Waals surface area (Å²) in [4.78, 5) is 54.1. The van der Waals surface area contributed by atoms with Crippen LogP contribution in [-0.4, -0.2) is 49.3 Å². The maximum atomic E-state index is 14.2. The Morgan fingerprint density at radius 2 is 1.81 bits per heavy atom. The average Bonchev–Trinajstić information content (AvgIpc) is 2.95. The third-order valence-corrected chi connectivity index (χ3v) is 6.16. The van der Waals surface area contributed by atoms with Gasteiger partial charge in [-0.3, -0.25) is 14.4 Å². The van der Waals surface area contributed by atoms with Gasteiger partial charge in [-0.05, 0) is 17.9 Å². The van der Waals surface area contributed by atoms with E-state index >= 15 is 0 Å². The second-order valence-electron chi connectivity index (χ2n) is 8.81. The van der Waals surface area contributed by atoms with Crippen molar-refractivity contribution in [3.05, 3.63) is 52.6 Å². The number of esters is 2. The van der Waals surface area contributed by atoms with Crippen LogP contribution >= 0.6 is 0 Å². The van der Waals surface area contributed by atoms with Crippen molar-refractivity contribution in [2.45, 2.75) is 32.1 Å². The molecular formula is C23H24N2O7. The molecule has 168 valence electrons. The first-order valence-electron chi connectivity index (χ1n) is 10.1. The SMILES string of the molecule is COC(=O)CN1C(=O)[C@@]2(C(C(=O)OC)=C(N)Oc3ccccc32)C2=C1CC(C)(C)CC2=O. The number of hydrogen-bond donors (Lipinski definition) is 1. The second-order valence-corrected chi connectivity index (χ2v) is 8.81. The van der Waals surface area contributed by atoms with Gasteiger partial charge in [-0.1, -0.05) is 32.0 Å². The molecule has 9 heteroatoms. The molecule has 0 saturated carbocycles. The number of nitrogens with two attached hydrogens (primary N) is 1. The minimum Gasteiger partial charge on any atom is -0.468 e. The molecule has 0 radical (unpaired) electrons. The largest absolute Gasteiger partial charge is 0.468 e. The number of methoxy groups -OCH3 is 2. The number of hydrogen-bond acceptors (Lipinski definition) is 8. The quantitative estimate of drug-likeness (QED) is 0.698. The average molecular weight is 440 g/mol. The Labute approximate surface area is 184 Å². The summed E-state index contributed by atoms with van der Waals surface area (Å²) in [6.45, 7) is 3.41. The number of benzene rings is 1. The molecule has 1 atom stereocenters. The molecule has 0 unspecified atom stereocenters. The molecular weight excluding hydrogens is 416 g/mol. The van der Waals surface area contributed by atoms with Crippen LogP contribution in [0.25, 0.3) is 0 Å². The first kappa shape index (κ1) is 21.6. The van der Waals surface area contributed by atoms with Crippen LogP contribution in [0, 0.1) is 5.41 Å². The zero-order valence-electron chi connectivity index (χ0n) is 18.3. The van der Waals surface area contributed by atoms with Crippen molar-refractivity contribution in [2.75, 3.05) is 20.8 Å². The van der Waals surface area contributed by atoms with Gasteiger partial charge in [0.25, 0.3) is 0 Å². The van der Waals surface area contributed by atoms with E-state index < -0.39 is 35.2 Å². The van der Waals surface area contributed by atoms with Crippen LogP contribution in [-0.2, 0) is 34.1 Å². The van der Waals surface area contributed by atoms with E-state index in [0.717, 1.165) is 7.11 Å². The van der Waals surface area contributed by atoms with Gasteiger partial charge in [0, 0.05) is 23.3 Å². The van der Waals surface area contributed by atoms with Crippen molar-refractivity contribution in [3.63, 3.8) is 0 Å². The summed E-state index contributed by atoms with van der Waals surface area (Å²) in [7, 11) is 2.37. The van der Waals surface area contributed by atoms with Gasteiger partial charge in [-0.15, -0.1) is 0 Å². The number of Topliss-reactive ketones (excluding diaryl/α,β-unsaturated/α-hetero) is 1. The lowest BCUT2D eigenvalue weighted by molar-refractivity contribution is -0.146. The number of ether oxygens (including phenoxy) is 3. The van der Waals surface area contributed by atoms with E-state index in [1.54, 1.807) is 24.3 Å². The Hall–Kier alpha value is -3.62. The van der Waals surface area contributed by atoms with E-state index in [4.69, 9.17) is 19.9 Å². The van der Waals surface area contributed by atoms with Crippen molar-refractivity contribution in [1.82, 2.24) is 4.90 Å². The van der Waals surface area contributed by atoms with E-state index in [-0.39, 0.29) is 35.0 Å². The Morgan fingerprint density at radius 1 is 1.12 bits per heavy atom. The fourth-order valence-corrected chi connectivity index (χ4v) is 4.93. The summed E-state index contributed by atoms with van der Waals surface area (Å²) in [5.41, 5.74) is 4.35. The summed E-state index contributed by atoms with van der Waals surface area (Å²) >= 11 is 0. The molecule has 1 spiro atoms. The number of amides is 1. The molecule has 4 rings (SSSR count). The first-order valence-corrected chi connectivity index (χ1v) is 10.1. The highest BCUT2D eigenvalue weighted by Gasteiger charge is 2.65. The minimum absolute atomic E-state index is 0.129. The summed E-state index contributed by atoms with van der Waals surface area (Å²) in [5.74, 6) is -2.57. The third kappa shape index (κ3) is 2.84. The van der Waals surface area contributed by atoms with E-state index in [1.165, 1.54) is 12.0 Å². The van der Waals surface area contributed by atoms with Crippen LogP contribution in [0.3, 0.4) is 0 Å². The number of carbonyl (C=O) groups excluding carboxylic acids is 4. The summed E-state index contributed by atoms with van der Waals surface area (Å²) in [6, 6.07) is 6.58. The van der Waals surface area contributed by atoms with Gasteiger partial charge >= 0.3 is 11.9 Å². The molecule has 3 aliphatic rings. The summed E-state index contributed by atoms with van der Waals surface area (Å²) in [5, 5.41) is 0. The minimum atomic E-state index is -1.87. The van der Waals surface area contributed by atoms with Gasteiger partial charge in [-0.2, -0.15) is 0 Å². The Bertz CT molecular complexity index is 1130. The van der Waals surface area contributed by atoms with Crippen molar-refractivity contribution in [1.29, 1.82) is 0 Å². The molecule has 1 aromatic rings. The maximum absolute atomic E-state index is 14.2. The van der Waals surface area contributed by atoms with Crippen molar-refractivity contribution in [2.24, 2.45) is 11.1 Å². The van der Waals surface area contributed by atoms with E-state index in [9.17, 15) is 19.2 Å². The zero-order valence-corrected chi connectivity index (χ0v) is 18.3. The molecule has 2 N–H and O–H groups in total. The highest BCUT2D eigenvalue weighted by atomic mass is 16.5. The molecule has 1 amide bonds. The maximum Gasteiger partial charge on any atom is 0.340 e. The molecule has 0 fully saturated rings. The number of carbonyl (C=O) groups is 4. The molecule has 1 aliphatic carbocycles. The van der Waals surface area contributed by atoms with Gasteiger partial charge in [0.15, 0.2) is 5.78 Å². The van der Waals surface area contributed by atoms with Crippen molar-refractivity contribution < 1.29 is 33.4 Å². The van der Waals surface area contributed by atoms with Crippen LogP contribution in [0.1, 0.15) is 32.3 Å². The molecule has 2 heterocycles. The monoisotopic (exact) mass is 440 g/mol.